The summed E-state index contributed by atoms with van der Waals surface area (Å²) < 4.78 is 0. The first-order valence-electron chi connectivity index (χ1n) is 12.4. The first-order chi connectivity index (χ1) is 17.2. The van der Waals surface area contributed by atoms with Crippen LogP contribution in [0.3, 0.4) is 0 Å². The molecule has 1 fully saturated rings. The maximum absolute atomic E-state index is 12.9. The number of carbonyl (C=O) groups is 2. The van der Waals surface area contributed by atoms with E-state index in [9.17, 15) is 9.59 Å². The number of hydrogen-bond acceptors (Lipinski definition) is 4. The van der Waals surface area contributed by atoms with Crippen molar-refractivity contribution in [1.29, 1.82) is 0 Å². The van der Waals surface area contributed by atoms with Crippen molar-refractivity contribution >= 4 is 29.3 Å². The Morgan fingerprint density at radius 2 is 1.54 bits per heavy atom. The summed E-state index contributed by atoms with van der Waals surface area (Å²) in [6.45, 7) is 4.12. The van der Waals surface area contributed by atoms with E-state index < -0.39 is 0 Å². The third kappa shape index (κ3) is 5.70. The van der Waals surface area contributed by atoms with Gasteiger partial charge in [-0.1, -0.05) is 54.6 Å². The van der Waals surface area contributed by atoms with Crippen LogP contribution in [0, 0.1) is 0 Å². The Balaban J connectivity index is 1.14. The molecule has 1 N–H and O–H groups in total. The van der Waals surface area contributed by atoms with Gasteiger partial charge in [0.2, 0.25) is 5.91 Å². The molecule has 3 aromatic carbocycles. The number of carbonyl (C=O) groups excluding carboxylic acids is 2. The Hall–Kier alpha value is -3.25. The number of anilines is 1. The maximum Gasteiger partial charge on any atom is 0.252 e. The van der Waals surface area contributed by atoms with Gasteiger partial charge in [-0.3, -0.25) is 9.59 Å². The van der Waals surface area contributed by atoms with Gasteiger partial charge in [0.05, 0.1) is 11.3 Å². The molecule has 35 heavy (non-hydrogen) atoms. The number of amides is 2. The molecule has 3 aromatic rings. The fourth-order valence-electron chi connectivity index (χ4n) is 4.81. The van der Waals surface area contributed by atoms with Gasteiger partial charge in [-0.25, -0.2) is 0 Å². The second-order valence-corrected chi connectivity index (χ2v) is 10.2. The summed E-state index contributed by atoms with van der Waals surface area (Å²) in [6.07, 6.45) is 3.28. The molecule has 5 nitrogen and oxygen atoms in total. The first-order valence-corrected chi connectivity index (χ1v) is 13.3. The average Bonchev–Trinajstić information content (AvgIpc) is 3.58. The van der Waals surface area contributed by atoms with Crippen LogP contribution in [0.5, 0.6) is 0 Å². The molecule has 1 saturated heterocycles. The molecule has 180 valence electrons. The van der Waals surface area contributed by atoms with Gasteiger partial charge < -0.3 is 15.1 Å². The highest BCUT2D eigenvalue weighted by atomic mass is 32.2. The molecule has 2 amide bonds. The smallest absolute Gasteiger partial charge is 0.252 e. The molecule has 0 aliphatic carbocycles. The molecule has 0 atom stereocenters. The largest absolute Gasteiger partial charge is 0.367 e. The second kappa shape index (κ2) is 11.0. The normalized spacial score (nSPS) is 14.7. The number of nitrogens with one attached hydrogen (secondary N) is 1. The lowest BCUT2D eigenvalue weighted by molar-refractivity contribution is -0.127. The van der Waals surface area contributed by atoms with Gasteiger partial charge in [-0.05, 0) is 54.2 Å². The van der Waals surface area contributed by atoms with Crippen LogP contribution < -0.4 is 10.2 Å². The molecule has 2 aliphatic heterocycles. The fraction of sp³-hybridized carbons (Fsp3) is 0.310. The zero-order valence-electron chi connectivity index (χ0n) is 19.9. The summed E-state index contributed by atoms with van der Waals surface area (Å²) in [5, 5.41) is 3.05. The monoisotopic (exact) mass is 485 g/mol. The van der Waals surface area contributed by atoms with Gasteiger partial charge in [0.1, 0.15) is 0 Å². The molecular weight excluding hydrogens is 454 g/mol. The molecule has 2 aliphatic rings. The van der Waals surface area contributed by atoms with E-state index in [4.69, 9.17) is 0 Å². The molecule has 2 heterocycles. The zero-order chi connectivity index (χ0) is 24.0. The van der Waals surface area contributed by atoms with Gasteiger partial charge in [0.15, 0.2) is 0 Å². The zero-order valence-corrected chi connectivity index (χ0v) is 20.7. The van der Waals surface area contributed by atoms with Crippen molar-refractivity contribution in [2.24, 2.45) is 0 Å². The maximum atomic E-state index is 12.9. The molecule has 0 bridgehead atoms. The molecule has 0 radical (unpaired) electrons. The van der Waals surface area contributed by atoms with E-state index >= 15 is 0 Å². The van der Waals surface area contributed by atoms with Gasteiger partial charge in [0, 0.05) is 43.3 Å². The number of nitrogens with zero attached hydrogens (tertiary/aromatic N) is 2. The van der Waals surface area contributed by atoms with E-state index in [1.54, 1.807) is 0 Å². The number of likely N-dealkylation sites (tertiary alicyclic amines) is 1. The van der Waals surface area contributed by atoms with Crippen LogP contribution in [-0.2, 0) is 24.3 Å². The summed E-state index contributed by atoms with van der Waals surface area (Å²) in [5.74, 6) is 0.410. The lowest BCUT2D eigenvalue weighted by Gasteiger charge is -2.19. The van der Waals surface area contributed by atoms with Crippen LogP contribution >= 0.6 is 11.8 Å². The van der Waals surface area contributed by atoms with E-state index in [0.717, 1.165) is 55.9 Å². The fourth-order valence-corrected chi connectivity index (χ4v) is 5.76. The minimum Gasteiger partial charge on any atom is -0.367 e. The summed E-state index contributed by atoms with van der Waals surface area (Å²) in [4.78, 5) is 30.5. The lowest BCUT2D eigenvalue weighted by Crippen LogP contribution is -2.29. The Kier molecular flexibility index (Phi) is 7.38. The van der Waals surface area contributed by atoms with Crippen molar-refractivity contribution in [3.8, 4) is 0 Å². The second-order valence-electron chi connectivity index (χ2n) is 9.17. The van der Waals surface area contributed by atoms with Crippen LogP contribution in [0.2, 0.25) is 0 Å². The van der Waals surface area contributed by atoms with Crippen LogP contribution in [-0.4, -0.2) is 42.1 Å². The van der Waals surface area contributed by atoms with E-state index in [0.29, 0.717) is 17.9 Å². The van der Waals surface area contributed by atoms with Crippen LogP contribution in [0.4, 0.5) is 5.69 Å². The highest BCUT2D eigenvalue weighted by Gasteiger charge is 2.20. The number of benzene rings is 3. The summed E-state index contributed by atoms with van der Waals surface area (Å²) in [7, 11) is 0. The number of fused-ring (bicyclic) bond motifs is 1. The first kappa shape index (κ1) is 23.5. The quantitative estimate of drug-likeness (QED) is 0.462. The van der Waals surface area contributed by atoms with Gasteiger partial charge >= 0.3 is 0 Å². The van der Waals surface area contributed by atoms with Crippen LogP contribution in [0.15, 0.2) is 77.7 Å². The summed E-state index contributed by atoms with van der Waals surface area (Å²) in [6, 6.07) is 24.6. The van der Waals surface area contributed by atoms with Gasteiger partial charge in [-0.15, -0.1) is 11.8 Å². The molecule has 0 unspecified atom stereocenters. The molecule has 0 spiro atoms. The minimum atomic E-state index is -0.112. The third-order valence-electron chi connectivity index (χ3n) is 6.77. The van der Waals surface area contributed by atoms with Crippen LogP contribution in [0.25, 0.3) is 0 Å². The Labute approximate surface area is 211 Å². The SMILES string of the molecule is O=C(NCc1ccc(CN2CCc3ccccc32)cc1)c1ccccc1SCC(=O)N1CCCC1. The van der Waals surface area contributed by atoms with E-state index in [1.807, 2.05) is 29.2 Å². The highest BCUT2D eigenvalue weighted by molar-refractivity contribution is 8.00. The summed E-state index contributed by atoms with van der Waals surface area (Å²) >= 11 is 1.45. The molecule has 0 saturated carbocycles. The number of thioether (sulfide) groups is 1. The molecular formula is C29H31N3O2S. The molecule has 6 heteroatoms. The predicted molar refractivity (Wildman–Crippen MR) is 142 cm³/mol. The van der Waals surface area contributed by atoms with E-state index in [-0.39, 0.29) is 11.8 Å². The highest BCUT2D eigenvalue weighted by Crippen LogP contribution is 2.29. The Morgan fingerprint density at radius 1 is 0.829 bits per heavy atom. The van der Waals surface area contributed by atoms with E-state index in [1.165, 1.54) is 28.6 Å². The van der Waals surface area contributed by atoms with Crippen molar-refractivity contribution in [3.63, 3.8) is 0 Å². The van der Waals surface area contributed by atoms with Gasteiger partial charge in [-0.2, -0.15) is 0 Å². The topological polar surface area (TPSA) is 52.7 Å². The van der Waals surface area contributed by atoms with Gasteiger partial charge in [0.25, 0.3) is 5.91 Å². The summed E-state index contributed by atoms with van der Waals surface area (Å²) in [5.41, 5.74) is 5.71. The van der Waals surface area contributed by atoms with Crippen molar-refractivity contribution in [3.05, 3.63) is 95.1 Å². The van der Waals surface area contributed by atoms with Crippen molar-refractivity contribution in [1.82, 2.24) is 10.2 Å². The minimum absolute atomic E-state index is 0.112. The van der Waals surface area contributed by atoms with Crippen molar-refractivity contribution in [2.75, 3.05) is 30.3 Å². The molecule has 5 rings (SSSR count). The third-order valence-corrected chi connectivity index (χ3v) is 7.83. The lowest BCUT2D eigenvalue weighted by atomic mass is 10.1. The van der Waals surface area contributed by atoms with Crippen molar-refractivity contribution < 1.29 is 9.59 Å². The number of hydrogen-bond donors (Lipinski definition) is 1. The van der Waals surface area contributed by atoms with Crippen molar-refractivity contribution in [2.45, 2.75) is 37.2 Å². The van der Waals surface area contributed by atoms with E-state index in [2.05, 4.69) is 58.7 Å². The average molecular weight is 486 g/mol. The Bertz CT molecular complexity index is 1190. The van der Waals surface area contributed by atoms with Crippen LogP contribution in [0.1, 0.15) is 39.9 Å². The predicted octanol–water partition coefficient (Wildman–Crippen LogP) is 4.89. The standard InChI is InChI=1S/C29H31N3O2S/c33-28(31-16-5-6-17-31)21-35-27-10-4-2-8-25(27)29(34)30-19-22-11-13-23(14-12-22)20-32-18-15-24-7-1-3-9-26(24)32/h1-4,7-14H,5-6,15-21H2,(H,30,34). The Morgan fingerprint density at radius 3 is 2.37 bits per heavy atom. The number of para-hydroxylation sites is 1. The number of rotatable bonds is 8. The molecule has 0 aromatic heterocycles.